The number of hydrogen-bond donors (Lipinski definition) is 0. The van der Waals surface area contributed by atoms with Gasteiger partial charge in [0.25, 0.3) is 0 Å². The van der Waals surface area contributed by atoms with E-state index >= 15 is 0 Å². The Bertz CT molecular complexity index is 15.5. The summed E-state index contributed by atoms with van der Waals surface area (Å²) in [6, 6.07) is 0. The molecule has 0 atom stereocenters. The molecule has 0 saturated carbocycles. The van der Waals surface area contributed by atoms with E-state index < -0.39 is 0 Å². The Labute approximate surface area is 62.3 Å². The first-order valence-corrected chi connectivity index (χ1v) is 27.0. The van der Waals surface area contributed by atoms with Gasteiger partial charge in [-0.3, -0.25) is 0 Å². The van der Waals surface area contributed by atoms with Crippen molar-refractivity contribution in [3.05, 3.63) is 0 Å². The summed E-state index contributed by atoms with van der Waals surface area (Å²) in [5, 5.41) is 0. The molecule has 1 fully saturated rings. The Hall–Kier alpha value is 1.52. The van der Waals surface area contributed by atoms with Crippen molar-refractivity contribution in [1.82, 2.24) is 0 Å². The maximum atomic E-state index is 0.944. The zero-order valence-corrected chi connectivity index (χ0v) is 12.7. The van der Waals surface area contributed by atoms with Gasteiger partial charge in [-0.05, 0) is 62.3 Å². The molecule has 1 aliphatic rings. The molecule has 1 rings (SSSR count). The molecular weight excluding hydrogens is 197 g/mol. The highest BCUT2D eigenvalue weighted by atomic mass is 30.1. The highest BCUT2D eigenvalue weighted by Gasteiger charge is 1.99. The average molecular weight is 213 g/mol. The maximum absolute atomic E-state index is 0.944. The summed E-state index contributed by atoms with van der Waals surface area (Å²) in [6.45, 7) is 0. The van der Waals surface area contributed by atoms with Crippen molar-refractivity contribution >= 4 is 62.3 Å². The second-order valence-electron chi connectivity index (χ2n) is 2.12. The van der Waals surface area contributed by atoms with Gasteiger partial charge >= 0.3 is 0 Å². The van der Waals surface area contributed by atoms with E-state index in [1.165, 1.54) is 0 Å². The van der Waals surface area contributed by atoms with Gasteiger partial charge in [0, 0.05) is 0 Å². The minimum Gasteiger partial charge on any atom is -0.0149 e. The molecule has 0 aromatic rings. The highest BCUT2D eigenvalue weighted by Crippen LogP contribution is 1.62. The molecular formula is H16Si7. The molecule has 0 radical (unpaired) electrons. The first-order valence-electron chi connectivity index (χ1n) is 3.00. The third kappa shape index (κ3) is 4.05. The summed E-state index contributed by atoms with van der Waals surface area (Å²) in [6.07, 6.45) is 0. The van der Waals surface area contributed by atoms with Crippen molar-refractivity contribution in [2.24, 2.45) is 0 Å². The summed E-state index contributed by atoms with van der Waals surface area (Å²) >= 11 is 0. The lowest BCUT2D eigenvalue weighted by Gasteiger charge is -2.01. The molecule has 0 aliphatic carbocycles. The largest absolute Gasteiger partial charge is 0.0149 e. The third-order valence-electron chi connectivity index (χ3n) is 1.50. The first kappa shape index (κ1) is 8.52. The molecule has 0 aromatic carbocycles. The van der Waals surface area contributed by atoms with Crippen molar-refractivity contribution in [3.8, 4) is 0 Å². The van der Waals surface area contributed by atoms with E-state index in [1.54, 1.807) is 0 Å². The lowest BCUT2D eigenvalue weighted by atomic mass is 26.1. The predicted molar refractivity (Wildman–Crippen MR) is 62.6 cm³/mol. The molecule has 0 N–H and O–H groups in total. The van der Waals surface area contributed by atoms with Crippen molar-refractivity contribution in [3.63, 3.8) is 0 Å². The van der Waals surface area contributed by atoms with Crippen LogP contribution < -0.4 is 0 Å². The fraction of sp³-hybridized carbons (Fsp3) is 0. The van der Waals surface area contributed by atoms with E-state index in [0.29, 0.717) is 0 Å². The normalized spacial score (nSPS) is 41.1. The smallest absolute Gasteiger partial charge is 0.00934 e. The summed E-state index contributed by atoms with van der Waals surface area (Å²) in [5.41, 5.74) is 0. The van der Waals surface area contributed by atoms with Crippen molar-refractivity contribution < 1.29 is 0 Å². The lowest BCUT2D eigenvalue weighted by molar-refractivity contribution is 3.76. The van der Waals surface area contributed by atoms with Gasteiger partial charge in [0.05, 0.1) is 0 Å². The maximum Gasteiger partial charge on any atom is -0.00934 e. The van der Waals surface area contributed by atoms with Gasteiger partial charge in [0.15, 0.2) is 0 Å². The molecule has 0 aromatic heterocycles. The van der Waals surface area contributed by atoms with Gasteiger partial charge in [-0.2, -0.15) is 0 Å². The number of rotatable bonds is 0. The molecule has 0 nitrogen and oxygen atoms in total. The standard InChI is InChI=1S/H12Si6.H4Si/c1-2-4-6-5-3-1;/h1-6H2;1H4. The molecule has 7 heavy (non-hydrogen) atoms. The minimum atomic E-state index is 0. The van der Waals surface area contributed by atoms with Crippen LogP contribution in [0.4, 0.5) is 0 Å². The van der Waals surface area contributed by atoms with Gasteiger partial charge in [0.1, 0.15) is 0 Å². The van der Waals surface area contributed by atoms with Crippen LogP contribution >= 0.6 is 0 Å². The second kappa shape index (κ2) is 5.65. The molecule has 0 amide bonds. The van der Waals surface area contributed by atoms with Gasteiger partial charge in [-0.25, -0.2) is 0 Å². The Morgan fingerprint density at radius 1 is 0.429 bits per heavy atom. The molecule has 1 saturated heterocycles. The molecule has 1 aliphatic heterocycles. The van der Waals surface area contributed by atoms with E-state index in [1.807, 2.05) is 0 Å². The molecule has 0 spiro atoms. The summed E-state index contributed by atoms with van der Waals surface area (Å²) in [5.74, 6) is 0. The van der Waals surface area contributed by atoms with Crippen molar-refractivity contribution in [2.75, 3.05) is 0 Å². The van der Waals surface area contributed by atoms with Crippen LogP contribution in [-0.4, -0.2) is 62.3 Å². The van der Waals surface area contributed by atoms with Crippen LogP contribution in [0.2, 0.25) is 0 Å². The predicted octanol–water partition coefficient (Wildman–Crippen LogP) is -6.95. The van der Waals surface area contributed by atoms with Crippen LogP contribution in [0, 0.1) is 0 Å². The Morgan fingerprint density at radius 2 is 0.571 bits per heavy atom. The van der Waals surface area contributed by atoms with E-state index in [2.05, 4.69) is 0 Å². The summed E-state index contributed by atoms with van der Waals surface area (Å²) in [4.78, 5) is 0. The van der Waals surface area contributed by atoms with E-state index in [9.17, 15) is 0 Å². The van der Waals surface area contributed by atoms with Crippen LogP contribution in [0.1, 0.15) is 0 Å². The lowest BCUT2D eigenvalue weighted by Crippen LogP contribution is -2.38. The van der Waals surface area contributed by atoms with E-state index in [-0.39, 0.29) is 11.0 Å². The van der Waals surface area contributed by atoms with Crippen molar-refractivity contribution in [1.29, 1.82) is 0 Å². The van der Waals surface area contributed by atoms with Crippen LogP contribution in [0.3, 0.4) is 0 Å². The van der Waals surface area contributed by atoms with Crippen molar-refractivity contribution in [2.45, 2.75) is 0 Å². The highest BCUT2D eigenvalue weighted by molar-refractivity contribution is 7.76. The molecule has 0 bridgehead atoms. The summed E-state index contributed by atoms with van der Waals surface area (Å²) < 4.78 is 0. The third-order valence-corrected chi connectivity index (χ3v) is 121. The van der Waals surface area contributed by atoms with E-state index in [4.69, 9.17) is 0 Å². The van der Waals surface area contributed by atoms with Gasteiger partial charge in [-0.1, -0.05) is 0 Å². The zero-order valence-electron chi connectivity index (χ0n) is 4.24. The van der Waals surface area contributed by atoms with Crippen LogP contribution in [0.15, 0.2) is 0 Å². The Kier molecular flexibility index (Phi) is 6.88. The van der Waals surface area contributed by atoms with Gasteiger partial charge in [0.2, 0.25) is 0 Å². The SMILES string of the molecule is [SiH2]1[SiH2][SiH2][SiH2][SiH2][SiH2]1.[SiH4]. The fourth-order valence-electron chi connectivity index (χ4n) is 1.06. The zero-order chi connectivity index (χ0) is 4.24. The average Bonchev–Trinajstić information content (AvgIpc) is 1.72. The van der Waals surface area contributed by atoms with Crippen LogP contribution in [0.25, 0.3) is 0 Å². The van der Waals surface area contributed by atoms with Crippen LogP contribution in [-0.2, 0) is 0 Å². The van der Waals surface area contributed by atoms with Gasteiger partial charge in [-0.15, -0.1) is 0 Å². The number of hydrogen-bond acceptors (Lipinski definition) is 0. The first-order chi connectivity index (χ1) is 3.00. The Balaban J connectivity index is 0.000000360. The molecule has 7 heteroatoms. The van der Waals surface area contributed by atoms with Crippen LogP contribution in [0.5, 0.6) is 0 Å². The minimum absolute atomic E-state index is 0. The molecule has 1 heterocycles. The molecule has 44 valence electrons. The topological polar surface area (TPSA) is 0 Å². The summed E-state index contributed by atoms with van der Waals surface area (Å²) in [7, 11) is 5.67. The van der Waals surface area contributed by atoms with Gasteiger partial charge < -0.3 is 0 Å². The molecule has 0 unspecified atom stereocenters. The fourth-order valence-corrected chi connectivity index (χ4v) is 258. The quantitative estimate of drug-likeness (QED) is 0.351. The van der Waals surface area contributed by atoms with E-state index in [0.717, 1.165) is 51.3 Å². The monoisotopic (exact) mass is 212 g/mol. The second-order valence-corrected chi connectivity index (χ2v) is 57.3. The Morgan fingerprint density at radius 3 is 0.714 bits per heavy atom.